The smallest absolute Gasteiger partial charge is 0.200 e. The molecule has 0 aliphatic rings. The number of nitriles is 1. The molecule has 16 rings (SSSR count). The van der Waals surface area contributed by atoms with Gasteiger partial charge in [-0.1, -0.05) is 170 Å². The van der Waals surface area contributed by atoms with E-state index in [9.17, 15) is 5.26 Å². The minimum atomic E-state index is -2.32. The molecule has 0 aliphatic carbocycles. The first-order valence-corrected chi connectivity index (χ1v) is 30.0. The number of pyridine rings is 4. The Morgan fingerprint density at radius 2 is 0.548 bits per heavy atom. The predicted octanol–water partition coefficient (Wildman–Crippen LogP) is 21.0. The number of benzene rings is 10. The molecule has 0 amide bonds. The summed E-state index contributed by atoms with van der Waals surface area (Å²) in [6, 6.07) is 84.6. The molecule has 12 heteroatoms. The van der Waals surface area contributed by atoms with E-state index in [1.807, 2.05) is 228 Å². The van der Waals surface area contributed by atoms with Crippen LogP contribution in [-0.4, -0.2) is 29.1 Å². The Balaban J connectivity index is 1.02. The van der Waals surface area contributed by atoms with Crippen LogP contribution in [0.15, 0.2) is 280 Å². The van der Waals surface area contributed by atoms with Crippen LogP contribution in [0.4, 0.5) is 22.0 Å². The maximum absolute atomic E-state index is 16.7. The van der Waals surface area contributed by atoms with Gasteiger partial charge in [0.1, 0.15) is 0 Å². The van der Waals surface area contributed by atoms with Crippen LogP contribution in [0.25, 0.3) is 156 Å². The summed E-state index contributed by atoms with van der Waals surface area (Å²) >= 11 is 0. The molecule has 0 N–H and O–H groups in total. The summed E-state index contributed by atoms with van der Waals surface area (Å²) < 4.78 is 83.8. The molecule has 0 unspecified atom stereocenters. The highest BCUT2D eigenvalue weighted by molar-refractivity contribution is 6.15. The highest BCUT2D eigenvalue weighted by Crippen LogP contribution is 2.47. The SMILES string of the molecule is N#Cc1cc(-n2c3ccc(-c4cccnc4-c4ccccc4)cc3c3cc(-c4cccnc4-c4ccccc4)ccc32)c(-n2c3ccc(-c4cccnc4-c4ccccc4)cc3c3cc(-c4cccnc4-c4ccccc4)ccc32)cc1-c1c(F)c(F)c(F)c(F)c1F. The van der Waals surface area contributed by atoms with E-state index in [1.165, 1.54) is 12.1 Å². The van der Waals surface area contributed by atoms with Crippen LogP contribution < -0.4 is 0 Å². The van der Waals surface area contributed by atoms with E-state index in [-0.39, 0.29) is 11.3 Å². The first-order chi connectivity index (χ1) is 45.7. The molecule has 10 aromatic carbocycles. The van der Waals surface area contributed by atoms with Gasteiger partial charge >= 0.3 is 0 Å². The second kappa shape index (κ2) is 22.8. The third-order valence-electron chi connectivity index (χ3n) is 17.4. The molecule has 6 aromatic heterocycles. The Hall–Kier alpha value is -12.5. The van der Waals surface area contributed by atoms with Gasteiger partial charge in [-0.05, 0) is 107 Å². The van der Waals surface area contributed by atoms with Gasteiger partial charge in [-0.2, -0.15) is 5.26 Å². The Morgan fingerprint density at radius 1 is 0.269 bits per heavy atom. The largest absolute Gasteiger partial charge is 0.307 e. The lowest BCUT2D eigenvalue weighted by atomic mass is 9.96. The molecule has 0 radical (unpaired) electrons. The van der Waals surface area contributed by atoms with Gasteiger partial charge in [0.05, 0.1) is 73.4 Å². The lowest BCUT2D eigenvalue weighted by molar-refractivity contribution is 0.381. The molecule has 0 atom stereocenters. The van der Waals surface area contributed by atoms with Crippen molar-refractivity contribution in [2.24, 2.45) is 0 Å². The molecular formula is C81H46F5N7. The molecular weight excluding hydrogens is 1170 g/mol. The molecule has 0 fully saturated rings. The van der Waals surface area contributed by atoms with Gasteiger partial charge in [0.15, 0.2) is 23.3 Å². The fourth-order valence-electron chi connectivity index (χ4n) is 13.2. The van der Waals surface area contributed by atoms with Crippen molar-refractivity contribution in [3.05, 3.63) is 314 Å². The maximum atomic E-state index is 16.7. The van der Waals surface area contributed by atoms with Crippen LogP contribution in [0.2, 0.25) is 0 Å². The zero-order valence-corrected chi connectivity index (χ0v) is 49.1. The minimum absolute atomic E-state index is 0.246. The van der Waals surface area contributed by atoms with Crippen LogP contribution >= 0.6 is 0 Å². The molecule has 6 heterocycles. The fraction of sp³-hybridized carbons (Fsp3) is 0. The molecule has 0 aliphatic heterocycles. The number of hydrogen-bond donors (Lipinski definition) is 0. The molecule has 16 aromatic rings. The highest BCUT2D eigenvalue weighted by Gasteiger charge is 2.31. The Kier molecular flexibility index (Phi) is 13.7. The summed E-state index contributed by atoms with van der Waals surface area (Å²) in [5.74, 6) is -10.8. The van der Waals surface area contributed by atoms with Gasteiger partial charge in [-0.3, -0.25) is 19.9 Å². The van der Waals surface area contributed by atoms with Crippen molar-refractivity contribution in [3.8, 4) is 118 Å². The monoisotopic (exact) mass is 1210 g/mol. The molecule has 7 nitrogen and oxygen atoms in total. The van der Waals surface area contributed by atoms with E-state index in [1.54, 1.807) is 24.8 Å². The number of hydrogen-bond acceptors (Lipinski definition) is 5. The van der Waals surface area contributed by atoms with E-state index in [0.29, 0.717) is 27.8 Å². The fourth-order valence-corrected chi connectivity index (χ4v) is 13.2. The van der Waals surface area contributed by atoms with E-state index < -0.39 is 40.2 Å². The highest BCUT2D eigenvalue weighted by atomic mass is 19.2. The zero-order chi connectivity index (χ0) is 62.8. The average Bonchev–Trinajstić information content (AvgIpc) is 1.73. The molecule has 93 heavy (non-hydrogen) atoms. The van der Waals surface area contributed by atoms with Crippen molar-refractivity contribution >= 4 is 43.6 Å². The summed E-state index contributed by atoms with van der Waals surface area (Å²) in [7, 11) is 0. The van der Waals surface area contributed by atoms with Crippen molar-refractivity contribution in [1.29, 1.82) is 5.26 Å². The Labute approximate surface area is 529 Å². The van der Waals surface area contributed by atoms with Gasteiger partial charge in [0, 0.05) is 96.4 Å². The summed E-state index contributed by atoms with van der Waals surface area (Å²) in [5, 5.41) is 14.4. The third-order valence-corrected chi connectivity index (χ3v) is 17.4. The van der Waals surface area contributed by atoms with E-state index in [2.05, 4.69) is 30.3 Å². The van der Waals surface area contributed by atoms with Crippen molar-refractivity contribution in [2.45, 2.75) is 0 Å². The van der Waals surface area contributed by atoms with E-state index in [0.717, 1.165) is 111 Å². The minimum Gasteiger partial charge on any atom is -0.307 e. The number of aromatic nitrogens is 6. The second-order valence-corrected chi connectivity index (χ2v) is 22.6. The van der Waals surface area contributed by atoms with Crippen molar-refractivity contribution in [3.63, 3.8) is 0 Å². The number of halogens is 5. The van der Waals surface area contributed by atoms with Crippen LogP contribution in [0.5, 0.6) is 0 Å². The van der Waals surface area contributed by atoms with Gasteiger partial charge in [-0.25, -0.2) is 22.0 Å². The van der Waals surface area contributed by atoms with Gasteiger partial charge in [0.2, 0.25) is 5.82 Å². The first-order valence-electron chi connectivity index (χ1n) is 30.0. The third kappa shape index (κ3) is 9.40. The standard InChI is InChI=1S/C81H46F5N7/c82-73-72(74(83)76(85)77(86)75(73)84)61-46-71(93-68-35-31-54(59-27-15-39-90-80(59)50-21-9-3-10-22-50)43-64(68)65-44-55(32-36-69(65)93)60-28-16-40-91-81(60)51-23-11-4-12-24-51)70(45-56(61)47-87)92-66-33-29-52(57-25-13-37-88-78(57)48-17-5-1-6-18-48)41-62(66)63-42-53(30-34-67(63)92)58-26-14-38-89-79(58)49-19-7-2-8-20-49/h1-46H. The van der Waals surface area contributed by atoms with Crippen LogP contribution in [-0.2, 0) is 0 Å². The normalized spacial score (nSPS) is 11.5. The van der Waals surface area contributed by atoms with Crippen LogP contribution in [0.3, 0.4) is 0 Å². The van der Waals surface area contributed by atoms with Gasteiger partial charge in [0.25, 0.3) is 0 Å². The van der Waals surface area contributed by atoms with Crippen LogP contribution in [0, 0.1) is 40.4 Å². The summed E-state index contributed by atoms with van der Waals surface area (Å²) in [5.41, 5.74) is 14.5. The zero-order valence-electron chi connectivity index (χ0n) is 49.1. The molecule has 440 valence electrons. The topological polar surface area (TPSA) is 85.2 Å². The lowest BCUT2D eigenvalue weighted by Crippen LogP contribution is -2.08. The van der Waals surface area contributed by atoms with Gasteiger partial charge in [-0.15, -0.1) is 0 Å². The molecule has 0 spiro atoms. The van der Waals surface area contributed by atoms with E-state index in [4.69, 9.17) is 19.9 Å². The maximum Gasteiger partial charge on any atom is 0.200 e. The summed E-state index contributed by atoms with van der Waals surface area (Å²) in [4.78, 5) is 19.6. The average molecular weight is 1210 g/mol. The number of fused-ring (bicyclic) bond motifs is 6. The Bertz CT molecular complexity index is 5400. The summed E-state index contributed by atoms with van der Waals surface area (Å²) in [6.45, 7) is 0. The first kappa shape index (κ1) is 55.8. The summed E-state index contributed by atoms with van der Waals surface area (Å²) in [6.07, 6.45) is 7.05. The van der Waals surface area contributed by atoms with Crippen LogP contribution in [0.1, 0.15) is 5.56 Å². The lowest BCUT2D eigenvalue weighted by Gasteiger charge is -2.20. The van der Waals surface area contributed by atoms with Crippen molar-refractivity contribution in [2.75, 3.05) is 0 Å². The molecule has 0 bridgehead atoms. The number of rotatable bonds is 11. The number of nitrogens with zero attached hydrogens (tertiary/aromatic N) is 7. The second-order valence-electron chi connectivity index (χ2n) is 22.6. The molecule has 0 saturated heterocycles. The Morgan fingerprint density at radius 3 is 0.839 bits per heavy atom. The van der Waals surface area contributed by atoms with E-state index >= 15 is 22.0 Å². The predicted molar refractivity (Wildman–Crippen MR) is 360 cm³/mol. The van der Waals surface area contributed by atoms with Gasteiger partial charge < -0.3 is 9.13 Å². The molecule has 0 saturated carbocycles. The quantitative estimate of drug-likeness (QED) is 0.0732. The van der Waals surface area contributed by atoms with Crippen molar-refractivity contribution in [1.82, 2.24) is 29.1 Å². The van der Waals surface area contributed by atoms with Crippen molar-refractivity contribution < 1.29 is 22.0 Å².